The molecule has 98 valence electrons. The van der Waals surface area contributed by atoms with Crippen LogP contribution in [0, 0.1) is 0 Å². The maximum absolute atomic E-state index is 6.42. The summed E-state index contributed by atoms with van der Waals surface area (Å²) in [6.45, 7) is 0. The lowest BCUT2D eigenvalue weighted by molar-refractivity contribution is 0.419. The fraction of sp³-hybridized carbons (Fsp3) is 0.625. The summed E-state index contributed by atoms with van der Waals surface area (Å²) in [5, 5.41) is 0.633. The molecule has 1 aromatic carbocycles. The largest absolute Gasteiger partial charge is 0.323 e. The van der Waals surface area contributed by atoms with Crippen LogP contribution in [0.15, 0.2) is 24.3 Å². The molecule has 0 amide bonds. The number of benzene rings is 1. The number of hydrogen-bond acceptors (Lipinski definition) is 2. The first kappa shape index (κ1) is 12.6. The molecule has 2 atom stereocenters. The monoisotopic (exact) mass is 261 g/mol. The Bertz CT molecular complexity index is 377. The van der Waals surface area contributed by atoms with E-state index in [1.54, 1.807) is 0 Å². The molecule has 0 radical (unpaired) electrons. The summed E-state index contributed by atoms with van der Waals surface area (Å²) in [7, 11) is 0. The smallest absolute Gasteiger partial charge is 0.0415 e. The standard InChI is InChI=1S/C16H23NS/c17-16(15-6-1-2-11-18-15)14-9-7-13(8-10-14)12-4-3-5-12/h7-10,12,15-16H,1-6,11,17H2. The zero-order valence-electron chi connectivity index (χ0n) is 11.0. The Kier molecular flexibility index (Phi) is 3.95. The van der Waals surface area contributed by atoms with Gasteiger partial charge in [-0.05, 0) is 48.5 Å². The molecule has 1 nitrogen and oxygen atoms in total. The molecule has 1 saturated heterocycles. The van der Waals surface area contributed by atoms with Crippen LogP contribution in [0.5, 0.6) is 0 Å². The number of nitrogens with two attached hydrogens (primary N) is 1. The van der Waals surface area contributed by atoms with Gasteiger partial charge in [-0.3, -0.25) is 0 Å². The molecule has 3 rings (SSSR count). The molecule has 1 saturated carbocycles. The van der Waals surface area contributed by atoms with Crippen molar-refractivity contribution < 1.29 is 0 Å². The van der Waals surface area contributed by atoms with E-state index in [9.17, 15) is 0 Å². The van der Waals surface area contributed by atoms with E-state index < -0.39 is 0 Å². The third kappa shape index (κ3) is 2.60. The fourth-order valence-electron chi connectivity index (χ4n) is 3.00. The molecule has 1 aromatic rings. The Hall–Kier alpha value is -0.470. The zero-order valence-corrected chi connectivity index (χ0v) is 11.8. The molecule has 1 heterocycles. The average molecular weight is 261 g/mol. The first-order chi connectivity index (χ1) is 8.84. The highest BCUT2D eigenvalue weighted by atomic mass is 32.2. The van der Waals surface area contributed by atoms with E-state index in [1.165, 1.54) is 55.4 Å². The summed E-state index contributed by atoms with van der Waals surface area (Å²) < 4.78 is 0. The molecule has 2 N–H and O–H groups in total. The second kappa shape index (κ2) is 5.66. The van der Waals surface area contributed by atoms with E-state index in [0.717, 1.165) is 5.92 Å². The van der Waals surface area contributed by atoms with Crippen LogP contribution in [-0.4, -0.2) is 11.0 Å². The van der Waals surface area contributed by atoms with Crippen molar-refractivity contribution in [1.29, 1.82) is 0 Å². The van der Waals surface area contributed by atoms with E-state index in [-0.39, 0.29) is 6.04 Å². The van der Waals surface area contributed by atoms with Crippen LogP contribution in [0.2, 0.25) is 0 Å². The molecule has 0 bridgehead atoms. The Morgan fingerprint density at radius 1 is 1.00 bits per heavy atom. The average Bonchev–Trinajstić information content (AvgIpc) is 2.38. The first-order valence-electron chi connectivity index (χ1n) is 7.31. The van der Waals surface area contributed by atoms with E-state index in [4.69, 9.17) is 5.73 Å². The van der Waals surface area contributed by atoms with Crippen molar-refractivity contribution in [2.75, 3.05) is 5.75 Å². The van der Waals surface area contributed by atoms with Gasteiger partial charge in [-0.2, -0.15) is 11.8 Å². The Morgan fingerprint density at radius 2 is 1.78 bits per heavy atom. The third-order valence-corrected chi connectivity index (χ3v) is 5.99. The first-order valence-corrected chi connectivity index (χ1v) is 8.36. The van der Waals surface area contributed by atoms with Gasteiger partial charge in [0.15, 0.2) is 0 Å². The quantitative estimate of drug-likeness (QED) is 0.880. The predicted molar refractivity (Wildman–Crippen MR) is 80.1 cm³/mol. The SMILES string of the molecule is NC(c1ccc(C2CCC2)cc1)C1CCCCS1. The van der Waals surface area contributed by atoms with Crippen molar-refractivity contribution in [3.8, 4) is 0 Å². The highest BCUT2D eigenvalue weighted by molar-refractivity contribution is 8.00. The van der Waals surface area contributed by atoms with Gasteiger partial charge in [0.25, 0.3) is 0 Å². The van der Waals surface area contributed by atoms with Gasteiger partial charge in [0, 0.05) is 11.3 Å². The number of thioether (sulfide) groups is 1. The maximum Gasteiger partial charge on any atom is 0.0415 e. The van der Waals surface area contributed by atoms with Gasteiger partial charge in [-0.15, -0.1) is 0 Å². The topological polar surface area (TPSA) is 26.0 Å². The molecule has 2 heteroatoms. The van der Waals surface area contributed by atoms with E-state index >= 15 is 0 Å². The van der Waals surface area contributed by atoms with Gasteiger partial charge < -0.3 is 5.73 Å². The Balaban J connectivity index is 1.67. The van der Waals surface area contributed by atoms with Crippen LogP contribution in [0.4, 0.5) is 0 Å². The molecular weight excluding hydrogens is 238 g/mol. The van der Waals surface area contributed by atoms with Crippen LogP contribution >= 0.6 is 11.8 Å². The summed E-state index contributed by atoms with van der Waals surface area (Å²) in [5.74, 6) is 2.12. The van der Waals surface area contributed by atoms with Gasteiger partial charge in [-0.25, -0.2) is 0 Å². The molecule has 18 heavy (non-hydrogen) atoms. The highest BCUT2D eigenvalue weighted by Crippen LogP contribution is 2.37. The van der Waals surface area contributed by atoms with Crippen molar-refractivity contribution in [2.24, 2.45) is 5.73 Å². The lowest BCUT2D eigenvalue weighted by Gasteiger charge is -2.29. The van der Waals surface area contributed by atoms with Gasteiger partial charge in [-0.1, -0.05) is 37.1 Å². The van der Waals surface area contributed by atoms with Crippen molar-refractivity contribution in [2.45, 2.75) is 55.7 Å². The zero-order chi connectivity index (χ0) is 12.4. The molecule has 2 fully saturated rings. The van der Waals surface area contributed by atoms with Crippen molar-refractivity contribution >= 4 is 11.8 Å². The van der Waals surface area contributed by atoms with Crippen LogP contribution < -0.4 is 5.73 Å². The second-order valence-electron chi connectivity index (χ2n) is 5.73. The summed E-state index contributed by atoms with van der Waals surface area (Å²) in [6, 6.07) is 9.39. The van der Waals surface area contributed by atoms with Crippen molar-refractivity contribution in [1.82, 2.24) is 0 Å². The molecule has 0 spiro atoms. The summed E-state index contributed by atoms with van der Waals surface area (Å²) in [6.07, 6.45) is 8.18. The van der Waals surface area contributed by atoms with Crippen LogP contribution in [0.1, 0.15) is 61.6 Å². The minimum atomic E-state index is 0.228. The van der Waals surface area contributed by atoms with E-state index in [0.29, 0.717) is 5.25 Å². The second-order valence-corrected chi connectivity index (χ2v) is 7.07. The molecule has 1 aliphatic heterocycles. The Labute approximate surface area is 115 Å². The van der Waals surface area contributed by atoms with Gasteiger partial charge in [0.2, 0.25) is 0 Å². The normalized spacial score (nSPS) is 26.6. The van der Waals surface area contributed by atoms with Gasteiger partial charge >= 0.3 is 0 Å². The lowest BCUT2D eigenvalue weighted by atomic mass is 9.80. The third-order valence-electron chi connectivity index (χ3n) is 4.51. The molecule has 1 aliphatic carbocycles. The van der Waals surface area contributed by atoms with Gasteiger partial charge in [0.05, 0.1) is 0 Å². The number of hydrogen-bond donors (Lipinski definition) is 1. The lowest BCUT2D eigenvalue weighted by Crippen LogP contribution is -2.26. The summed E-state index contributed by atoms with van der Waals surface area (Å²) >= 11 is 2.07. The molecular formula is C16H23NS. The van der Waals surface area contributed by atoms with Crippen LogP contribution in [0.25, 0.3) is 0 Å². The van der Waals surface area contributed by atoms with Crippen molar-refractivity contribution in [3.05, 3.63) is 35.4 Å². The Morgan fingerprint density at radius 3 is 2.33 bits per heavy atom. The molecule has 2 aliphatic rings. The predicted octanol–water partition coefficient (Wildman–Crippen LogP) is 4.24. The fourth-order valence-corrected chi connectivity index (χ4v) is 4.37. The van der Waals surface area contributed by atoms with Crippen molar-refractivity contribution in [3.63, 3.8) is 0 Å². The minimum absolute atomic E-state index is 0.228. The molecule has 2 unspecified atom stereocenters. The van der Waals surface area contributed by atoms with E-state index in [2.05, 4.69) is 36.0 Å². The van der Waals surface area contributed by atoms with E-state index in [1.807, 2.05) is 0 Å². The van der Waals surface area contributed by atoms with Gasteiger partial charge in [0.1, 0.15) is 0 Å². The maximum atomic E-state index is 6.42. The van der Waals surface area contributed by atoms with Crippen LogP contribution in [0.3, 0.4) is 0 Å². The summed E-state index contributed by atoms with van der Waals surface area (Å²) in [4.78, 5) is 0. The highest BCUT2D eigenvalue weighted by Gasteiger charge is 2.23. The summed E-state index contributed by atoms with van der Waals surface area (Å²) in [5.41, 5.74) is 9.27. The van der Waals surface area contributed by atoms with Crippen LogP contribution in [-0.2, 0) is 0 Å². The number of rotatable bonds is 3. The minimum Gasteiger partial charge on any atom is -0.323 e. The molecule has 0 aromatic heterocycles.